The third kappa shape index (κ3) is 3.37. The molecule has 0 spiro atoms. The second kappa shape index (κ2) is 7.86. The SMILES string of the molecule is COCC12CCC(C)(O)CC1CCC1C3CCC(C(=O)Cn4nnnc4C)C3(C)CCC12. The molecule has 0 aliphatic heterocycles. The number of ketones is 1. The van der Waals surface area contributed by atoms with Crippen molar-refractivity contribution in [2.24, 2.45) is 40.4 Å². The first-order chi connectivity index (χ1) is 15.2. The van der Waals surface area contributed by atoms with E-state index >= 15 is 0 Å². The quantitative estimate of drug-likeness (QED) is 0.746. The standard InChI is InChI=1S/C25H40N4O3/c1-16-26-27-28-29(16)14-22(30)21-8-7-19-18-6-5-17-13-23(2,31)11-12-25(17,15-32-4)20(18)9-10-24(19,21)3/h17-21,31H,5-15H2,1-4H3. The van der Waals surface area contributed by atoms with Crippen LogP contribution in [0.25, 0.3) is 0 Å². The van der Waals surface area contributed by atoms with Crippen molar-refractivity contribution in [3.63, 3.8) is 0 Å². The number of ether oxygens (including phenoxy) is 1. The number of rotatable bonds is 5. The molecule has 178 valence electrons. The molecule has 0 aromatic carbocycles. The van der Waals surface area contributed by atoms with Crippen LogP contribution in [-0.2, 0) is 16.1 Å². The molecule has 8 atom stereocenters. The van der Waals surface area contributed by atoms with E-state index in [4.69, 9.17) is 4.74 Å². The summed E-state index contributed by atoms with van der Waals surface area (Å²) in [7, 11) is 1.85. The van der Waals surface area contributed by atoms with Crippen LogP contribution in [0.3, 0.4) is 0 Å². The maximum Gasteiger partial charge on any atom is 0.158 e. The molecule has 1 aromatic heterocycles. The van der Waals surface area contributed by atoms with Gasteiger partial charge in [-0.2, -0.15) is 0 Å². The molecule has 4 aliphatic rings. The van der Waals surface area contributed by atoms with Crippen LogP contribution >= 0.6 is 0 Å². The average molecular weight is 445 g/mol. The number of hydrogen-bond donors (Lipinski definition) is 1. The highest BCUT2D eigenvalue weighted by Crippen LogP contribution is 2.68. The molecule has 8 unspecified atom stereocenters. The minimum Gasteiger partial charge on any atom is -0.390 e. The fraction of sp³-hybridized carbons (Fsp3) is 0.920. The van der Waals surface area contributed by atoms with Gasteiger partial charge in [0.2, 0.25) is 0 Å². The lowest BCUT2D eigenvalue weighted by Gasteiger charge is -2.62. The monoisotopic (exact) mass is 444 g/mol. The van der Waals surface area contributed by atoms with Crippen molar-refractivity contribution in [2.75, 3.05) is 13.7 Å². The number of methoxy groups -OCH3 is 1. The first-order valence-electron chi connectivity index (χ1n) is 12.7. The number of carbonyl (C=O) groups is 1. The lowest BCUT2D eigenvalue weighted by Crippen LogP contribution is -2.58. The Morgan fingerprint density at radius 3 is 2.66 bits per heavy atom. The fourth-order valence-corrected chi connectivity index (χ4v) is 8.97. The molecule has 4 saturated carbocycles. The maximum absolute atomic E-state index is 13.4. The van der Waals surface area contributed by atoms with Crippen LogP contribution in [0.5, 0.6) is 0 Å². The van der Waals surface area contributed by atoms with E-state index < -0.39 is 5.60 Å². The van der Waals surface area contributed by atoms with Gasteiger partial charge in [-0.1, -0.05) is 6.92 Å². The zero-order valence-electron chi connectivity index (χ0n) is 20.2. The van der Waals surface area contributed by atoms with Gasteiger partial charge in [0, 0.05) is 13.0 Å². The highest BCUT2D eigenvalue weighted by Gasteiger charge is 2.63. The van der Waals surface area contributed by atoms with Crippen LogP contribution in [0.2, 0.25) is 0 Å². The van der Waals surface area contributed by atoms with E-state index in [1.54, 1.807) is 4.68 Å². The summed E-state index contributed by atoms with van der Waals surface area (Å²) in [4.78, 5) is 13.4. The summed E-state index contributed by atoms with van der Waals surface area (Å²) >= 11 is 0. The molecule has 4 aliphatic carbocycles. The van der Waals surface area contributed by atoms with Gasteiger partial charge in [0.15, 0.2) is 5.78 Å². The van der Waals surface area contributed by atoms with E-state index in [1.165, 1.54) is 19.3 Å². The molecule has 0 bridgehead atoms. The van der Waals surface area contributed by atoms with Crippen molar-refractivity contribution in [3.05, 3.63) is 5.82 Å². The van der Waals surface area contributed by atoms with Gasteiger partial charge in [-0.15, -0.1) is 5.10 Å². The normalized spacial score (nSPS) is 45.7. The smallest absolute Gasteiger partial charge is 0.158 e. The topological polar surface area (TPSA) is 90.1 Å². The number of aromatic nitrogens is 4. The predicted molar refractivity (Wildman–Crippen MR) is 120 cm³/mol. The minimum atomic E-state index is -0.531. The summed E-state index contributed by atoms with van der Waals surface area (Å²) in [6.45, 7) is 7.39. The summed E-state index contributed by atoms with van der Waals surface area (Å²) in [5.74, 6) is 3.62. The second-order valence-corrected chi connectivity index (χ2v) is 12.0. The molecule has 1 N–H and O–H groups in total. The Kier molecular flexibility index (Phi) is 5.52. The molecule has 0 amide bonds. The minimum absolute atomic E-state index is 0.0847. The predicted octanol–water partition coefficient (Wildman–Crippen LogP) is 3.59. The summed E-state index contributed by atoms with van der Waals surface area (Å²) in [5, 5.41) is 22.5. The van der Waals surface area contributed by atoms with Crippen LogP contribution in [0.15, 0.2) is 0 Å². The van der Waals surface area contributed by atoms with Crippen molar-refractivity contribution >= 4 is 5.78 Å². The Morgan fingerprint density at radius 1 is 1.12 bits per heavy atom. The van der Waals surface area contributed by atoms with Gasteiger partial charge in [-0.05, 0) is 117 Å². The number of hydrogen-bond acceptors (Lipinski definition) is 6. The number of fused-ring (bicyclic) bond motifs is 5. The van der Waals surface area contributed by atoms with Crippen LogP contribution in [0, 0.1) is 47.3 Å². The highest BCUT2D eigenvalue weighted by atomic mass is 16.5. The first-order valence-corrected chi connectivity index (χ1v) is 12.7. The molecule has 32 heavy (non-hydrogen) atoms. The third-order valence-electron chi connectivity index (χ3n) is 10.5. The molecular weight excluding hydrogens is 404 g/mol. The molecule has 1 heterocycles. The summed E-state index contributed by atoms with van der Waals surface area (Å²) in [6, 6.07) is 0. The van der Waals surface area contributed by atoms with Gasteiger partial charge >= 0.3 is 0 Å². The maximum atomic E-state index is 13.4. The van der Waals surface area contributed by atoms with Crippen LogP contribution < -0.4 is 0 Å². The number of aryl methyl sites for hydroxylation is 1. The third-order valence-corrected chi connectivity index (χ3v) is 10.5. The Morgan fingerprint density at radius 2 is 1.94 bits per heavy atom. The zero-order chi connectivity index (χ0) is 22.7. The van der Waals surface area contributed by atoms with Crippen LogP contribution in [-0.4, -0.2) is 50.4 Å². The van der Waals surface area contributed by atoms with E-state index in [-0.39, 0.29) is 16.7 Å². The van der Waals surface area contributed by atoms with Crippen LogP contribution in [0.4, 0.5) is 0 Å². The van der Waals surface area contributed by atoms with Crippen molar-refractivity contribution in [2.45, 2.75) is 90.7 Å². The van der Waals surface area contributed by atoms with E-state index in [0.717, 1.165) is 45.1 Å². The molecule has 7 heteroatoms. The molecular formula is C25H40N4O3. The number of nitrogens with zero attached hydrogens (tertiary/aromatic N) is 4. The number of tetrazole rings is 1. The van der Waals surface area contributed by atoms with Crippen molar-refractivity contribution < 1.29 is 14.6 Å². The summed E-state index contributed by atoms with van der Waals surface area (Å²) in [5.41, 5.74) is -0.245. The van der Waals surface area contributed by atoms with Crippen LogP contribution in [0.1, 0.15) is 77.5 Å². The van der Waals surface area contributed by atoms with Gasteiger partial charge in [-0.25, -0.2) is 4.68 Å². The first kappa shape index (κ1) is 22.5. The summed E-state index contributed by atoms with van der Waals surface area (Å²) < 4.78 is 7.52. The number of Topliss-reactive ketones (excluding diaryl/α,β-unsaturated/α-hetero) is 1. The van der Waals surface area contributed by atoms with Crippen molar-refractivity contribution in [1.82, 2.24) is 20.2 Å². The lowest BCUT2D eigenvalue weighted by atomic mass is 9.43. The van der Waals surface area contributed by atoms with E-state index in [2.05, 4.69) is 22.4 Å². The van der Waals surface area contributed by atoms with Gasteiger partial charge in [0.1, 0.15) is 12.4 Å². The van der Waals surface area contributed by atoms with Gasteiger partial charge in [-0.3, -0.25) is 4.79 Å². The molecule has 4 fully saturated rings. The van der Waals surface area contributed by atoms with Crippen molar-refractivity contribution in [1.29, 1.82) is 0 Å². The average Bonchev–Trinajstić information content (AvgIpc) is 3.30. The molecule has 1 aromatic rings. The summed E-state index contributed by atoms with van der Waals surface area (Å²) in [6.07, 6.45) is 9.77. The number of carbonyl (C=O) groups excluding carboxylic acids is 1. The number of aliphatic hydroxyl groups is 1. The Bertz CT molecular complexity index is 869. The second-order valence-electron chi connectivity index (χ2n) is 12.0. The zero-order valence-corrected chi connectivity index (χ0v) is 20.2. The molecule has 0 saturated heterocycles. The van der Waals surface area contributed by atoms with Crippen molar-refractivity contribution in [3.8, 4) is 0 Å². The van der Waals surface area contributed by atoms with Gasteiger partial charge < -0.3 is 9.84 Å². The Hall–Kier alpha value is -1.34. The van der Waals surface area contributed by atoms with E-state index in [9.17, 15) is 9.90 Å². The highest BCUT2D eigenvalue weighted by molar-refractivity contribution is 5.82. The molecule has 7 nitrogen and oxygen atoms in total. The van der Waals surface area contributed by atoms with Gasteiger partial charge in [0.05, 0.1) is 12.2 Å². The van der Waals surface area contributed by atoms with E-state index in [0.29, 0.717) is 41.8 Å². The molecule has 5 rings (SSSR count). The Labute approximate surface area is 191 Å². The largest absolute Gasteiger partial charge is 0.390 e. The van der Waals surface area contributed by atoms with Gasteiger partial charge in [0.25, 0.3) is 0 Å². The lowest BCUT2D eigenvalue weighted by molar-refractivity contribution is -0.175. The molecule has 0 radical (unpaired) electrons. The van der Waals surface area contributed by atoms with E-state index in [1.807, 2.05) is 21.0 Å². The Balaban J connectivity index is 1.38. The fourth-order valence-electron chi connectivity index (χ4n) is 8.97.